The summed E-state index contributed by atoms with van der Waals surface area (Å²) in [5.41, 5.74) is 1.53. The summed E-state index contributed by atoms with van der Waals surface area (Å²) in [6.07, 6.45) is 9.65. The number of hydrogen-bond acceptors (Lipinski definition) is 2. The Kier molecular flexibility index (Phi) is 2.34. The monoisotopic (exact) mass is 178 g/mol. The zero-order valence-corrected chi connectivity index (χ0v) is 7.86. The van der Waals surface area contributed by atoms with Crippen molar-refractivity contribution in [2.24, 2.45) is 7.05 Å². The van der Waals surface area contributed by atoms with Crippen molar-refractivity contribution in [3.8, 4) is 5.75 Å². The quantitative estimate of drug-likeness (QED) is 0.661. The molecule has 0 saturated heterocycles. The van der Waals surface area contributed by atoms with Crippen molar-refractivity contribution >= 4 is 0 Å². The van der Waals surface area contributed by atoms with Crippen LogP contribution in [-0.2, 0) is 7.05 Å². The molecular formula is C10H14N2O. The van der Waals surface area contributed by atoms with Gasteiger partial charge in [0.05, 0.1) is 12.4 Å². The SMILES string of the molecule is Cn1cc(OCC=C2CCC2)cn1. The molecule has 0 aliphatic heterocycles. The molecule has 70 valence electrons. The fourth-order valence-corrected chi connectivity index (χ4v) is 1.31. The van der Waals surface area contributed by atoms with Crippen molar-refractivity contribution in [1.82, 2.24) is 9.78 Å². The van der Waals surface area contributed by atoms with Gasteiger partial charge in [0.25, 0.3) is 0 Å². The van der Waals surface area contributed by atoms with Crippen LogP contribution >= 0.6 is 0 Å². The van der Waals surface area contributed by atoms with Gasteiger partial charge < -0.3 is 4.74 Å². The van der Waals surface area contributed by atoms with Crippen LogP contribution in [0.2, 0.25) is 0 Å². The number of rotatable bonds is 3. The molecule has 0 atom stereocenters. The molecule has 0 aromatic carbocycles. The first kappa shape index (κ1) is 8.35. The lowest BCUT2D eigenvalue weighted by Gasteiger charge is -2.15. The van der Waals surface area contributed by atoms with Crippen LogP contribution < -0.4 is 4.74 Å². The van der Waals surface area contributed by atoms with Gasteiger partial charge in [-0.05, 0) is 25.3 Å². The minimum Gasteiger partial charge on any atom is -0.486 e. The molecule has 0 bridgehead atoms. The zero-order chi connectivity index (χ0) is 9.10. The summed E-state index contributed by atoms with van der Waals surface area (Å²) in [4.78, 5) is 0. The van der Waals surface area contributed by atoms with Crippen molar-refractivity contribution in [3.05, 3.63) is 24.0 Å². The molecule has 1 heterocycles. The van der Waals surface area contributed by atoms with Crippen molar-refractivity contribution in [2.75, 3.05) is 6.61 Å². The first-order valence-corrected chi connectivity index (χ1v) is 4.64. The maximum absolute atomic E-state index is 5.47. The smallest absolute Gasteiger partial charge is 0.157 e. The van der Waals surface area contributed by atoms with Gasteiger partial charge in [0.15, 0.2) is 5.75 Å². The molecule has 1 aliphatic carbocycles. The van der Waals surface area contributed by atoms with E-state index in [0.29, 0.717) is 6.61 Å². The third kappa shape index (κ3) is 2.11. The summed E-state index contributed by atoms with van der Waals surface area (Å²) in [5, 5.41) is 4.02. The van der Waals surface area contributed by atoms with Crippen LogP contribution in [-0.4, -0.2) is 16.4 Å². The topological polar surface area (TPSA) is 27.1 Å². The molecule has 3 nitrogen and oxygen atoms in total. The Morgan fingerprint density at radius 1 is 1.62 bits per heavy atom. The number of allylic oxidation sites excluding steroid dienone is 1. The Bertz CT molecular complexity index is 308. The maximum Gasteiger partial charge on any atom is 0.157 e. The van der Waals surface area contributed by atoms with Crippen LogP contribution in [0.25, 0.3) is 0 Å². The van der Waals surface area contributed by atoms with Crippen LogP contribution in [0.3, 0.4) is 0 Å². The van der Waals surface area contributed by atoms with Crippen molar-refractivity contribution < 1.29 is 4.74 Å². The predicted octanol–water partition coefficient (Wildman–Crippen LogP) is 1.91. The number of hydrogen-bond donors (Lipinski definition) is 0. The maximum atomic E-state index is 5.47. The molecule has 0 radical (unpaired) electrons. The Labute approximate surface area is 78.0 Å². The second-order valence-corrected chi connectivity index (χ2v) is 3.38. The Hall–Kier alpha value is -1.25. The molecule has 3 heteroatoms. The van der Waals surface area contributed by atoms with E-state index in [1.54, 1.807) is 10.9 Å². The van der Waals surface area contributed by atoms with Gasteiger partial charge in [0.1, 0.15) is 6.61 Å². The Morgan fingerprint density at radius 3 is 3.00 bits per heavy atom. The molecule has 1 saturated carbocycles. The molecule has 13 heavy (non-hydrogen) atoms. The van der Waals surface area contributed by atoms with Gasteiger partial charge >= 0.3 is 0 Å². The average molecular weight is 178 g/mol. The molecule has 1 aromatic rings. The summed E-state index contributed by atoms with van der Waals surface area (Å²) in [6, 6.07) is 0. The van der Waals surface area contributed by atoms with Gasteiger partial charge in [-0.15, -0.1) is 0 Å². The van der Waals surface area contributed by atoms with E-state index in [2.05, 4.69) is 11.2 Å². The highest BCUT2D eigenvalue weighted by Gasteiger charge is 2.06. The highest BCUT2D eigenvalue weighted by atomic mass is 16.5. The molecule has 0 unspecified atom stereocenters. The van der Waals surface area contributed by atoms with E-state index >= 15 is 0 Å². The predicted molar refractivity (Wildman–Crippen MR) is 50.6 cm³/mol. The number of ether oxygens (including phenoxy) is 1. The van der Waals surface area contributed by atoms with Crippen molar-refractivity contribution in [3.63, 3.8) is 0 Å². The van der Waals surface area contributed by atoms with Crippen LogP contribution in [0, 0.1) is 0 Å². The first-order valence-electron chi connectivity index (χ1n) is 4.64. The van der Waals surface area contributed by atoms with Gasteiger partial charge in [0, 0.05) is 7.05 Å². The number of aromatic nitrogens is 2. The van der Waals surface area contributed by atoms with E-state index in [4.69, 9.17) is 4.74 Å². The van der Waals surface area contributed by atoms with E-state index in [1.165, 1.54) is 24.8 Å². The normalized spacial score (nSPS) is 15.3. The third-order valence-electron chi connectivity index (χ3n) is 2.30. The molecule has 0 spiro atoms. The molecular weight excluding hydrogens is 164 g/mol. The van der Waals surface area contributed by atoms with Gasteiger partial charge in [-0.1, -0.05) is 5.57 Å². The summed E-state index contributed by atoms with van der Waals surface area (Å²) in [5.74, 6) is 0.846. The minimum absolute atomic E-state index is 0.682. The molecule has 2 rings (SSSR count). The van der Waals surface area contributed by atoms with Crippen LogP contribution in [0.4, 0.5) is 0 Å². The summed E-state index contributed by atoms with van der Waals surface area (Å²) in [6.45, 7) is 0.682. The lowest BCUT2D eigenvalue weighted by atomic mass is 9.92. The number of aryl methyl sites for hydroxylation is 1. The summed E-state index contributed by atoms with van der Waals surface area (Å²) >= 11 is 0. The number of nitrogens with zero attached hydrogens (tertiary/aromatic N) is 2. The second-order valence-electron chi connectivity index (χ2n) is 3.38. The minimum atomic E-state index is 0.682. The molecule has 1 aliphatic rings. The van der Waals surface area contributed by atoms with Crippen LogP contribution in [0.15, 0.2) is 24.0 Å². The fraction of sp³-hybridized carbons (Fsp3) is 0.500. The Morgan fingerprint density at radius 2 is 2.46 bits per heavy atom. The van der Waals surface area contributed by atoms with E-state index < -0.39 is 0 Å². The molecule has 1 aromatic heterocycles. The van der Waals surface area contributed by atoms with Crippen LogP contribution in [0.1, 0.15) is 19.3 Å². The van der Waals surface area contributed by atoms with Gasteiger partial charge in [0.2, 0.25) is 0 Å². The lowest BCUT2D eigenvalue weighted by Crippen LogP contribution is -2.00. The zero-order valence-electron chi connectivity index (χ0n) is 7.86. The van der Waals surface area contributed by atoms with E-state index in [-0.39, 0.29) is 0 Å². The van der Waals surface area contributed by atoms with E-state index in [9.17, 15) is 0 Å². The summed E-state index contributed by atoms with van der Waals surface area (Å²) in [7, 11) is 1.89. The fourth-order valence-electron chi connectivity index (χ4n) is 1.31. The molecule has 0 amide bonds. The van der Waals surface area contributed by atoms with E-state index in [0.717, 1.165) is 5.75 Å². The highest BCUT2D eigenvalue weighted by Crippen LogP contribution is 2.24. The highest BCUT2D eigenvalue weighted by molar-refractivity contribution is 5.14. The van der Waals surface area contributed by atoms with Gasteiger partial charge in [-0.3, -0.25) is 4.68 Å². The summed E-state index contributed by atoms with van der Waals surface area (Å²) < 4.78 is 7.22. The third-order valence-corrected chi connectivity index (χ3v) is 2.30. The van der Waals surface area contributed by atoms with E-state index in [1.807, 2.05) is 13.2 Å². The average Bonchev–Trinajstić information content (AvgIpc) is 2.42. The van der Waals surface area contributed by atoms with Crippen molar-refractivity contribution in [1.29, 1.82) is 0 Å². The standard InChI is InChI=1S/C10H14N2O/c1-12-8-10(7-11-12)13-6-5-9-3-2-4-9/h5,7-8H,2-4,6H2,1H3. The first-order chi connectivity index (χ1) is 6.34. The van der Waals surface area contributed by atoms with Crippen LogP contribution in [0.5, 0.6) is 5.75 Å². The Balaban J connectivity index is 1.79. The van der Waals surface area contributed by atoms with Gasteiger partial charge in [-0.25, -0.2) is 0 Å². The largest absolute Gasteiger partial charge is 0.486 e. The second kappa shape index (κ2) is 3.64. The molecule has 1 fully saturated rings. The lowest BCUT2D eigenvalue weighted by molar-refractivity contribution is 0.359. The molecule has 0 N–H and O–H groups in total. The van der Waals surface area contributed by atoms with Crippen molar-refractivity contribution in [2.45, 2.75) is 19.3 Å². The van der Waals surface area contributed by atoms with Gasteiger partial charge in [-0.2, -0.15) is 5.10 Å².